The van der Waals surface area contributed by atoms with Gasteiger partial charge in [-0.2, -0.15) is 0 Å². The van der Waals surface area contributed by atoms with Crippen molar-refractivity contribution in [2.75, 3.05) is 14.2 Å². The van der Waals surface area contributed by atoms with Crippen LogP contribution in [0.2, 0.25) is 0 Å². The second kappa shape index (κ2) is 4.87. The van der Waals surface area contributed by atoms with E-state index < -0.39 is 11.6 Å². The standard InChI is InChI=1S/C14H12O4/c1-17-13-11(15)10(12(16)14(13)18-2)8-9-6-4-3-5-7-9/h3-8H,1-2H3. The van der Waals surface area contributed by atoms with E-state index in [1.165, 1.54) is 20.3 Å². The van der Waals surface area contributed by atoms with Crippen molar-refractivity contribution in [1.29, 1.82) is 0 Å². The maximum absolute atomic E-state index is 12.0. The molecule has 4 heteroatoms. The second-order valence-corrected chi connectivity index (χ2v) is 3.69. The van der Waals surface area contributed by atoms with Crippen LogP contribution >= 0.6 is 0 Å². The lowest BCUT2D eigenvalue weighted by atomic mass is 10.1. The van der Waals surface area contributed by atoms with Gasteiger partial charge in [-0.1, -0.05) is 30.3 Å². The lowest BCUT2D eigenvalue weighted by Gasteiger charge is -1.99. The summed E-state index contributed by atoms with van der Waals surface area (Å²) in [6.45, 7) is 0. The molecule has 0 aromatic heterocycles. The zero-order valence-corrected chi connectivity index (χ0v) is 10.1. The molecule has 0 amide bonds. The molecule has 4 nitrogen and oxygen atoms in total. The van der Waals surface area contributed by atoms with Gasteiger partial charge in [-0.05, 0) is 11.6 Å². The fourth-order valence-corrected chi connectivity index (χ4v) is 1.77. The number of Topliss-reactive ketones (excluding diaryl/α,β-unsaturated/α-hetero) is 2. The lowest BCUT2D eigenvalue weighted by molar-refractivity contribution is -0.117. The van der Waals surface area contributed by atoms with Gasteiger partial charge in [-0.3, -0.25) is 9.59 Å². The highest BCUT2D eigenvalue weighted by Crippen LogP contribution is 2.27. The Morgan fingerprint density at radius 3 is 1.83 bits per heavy atom. The quantitative estimate of drug-likeness (QED) is 0.600. The van der Waals surface area contributed by atoms with E-state index in [0.29, 0.717) is 0 Å². The summed E-state index contributed by atoms with van der Waals surface area (Å²) in [6.07, 6.45) is 1.54. The number of benzene rings is 1. The molecule has 2 rings (SSSR count). The summed E-state index contributed by atoms with van der Waals surface area (Å²) >= 11 is 0. The van der Waals surface area contributed by atoms with Crippen molar-refractivity contribution in [3.63, 3.8) is 0 Å². The molecule has 0 saturated heterocycles. The minimum Gasteiger partial charge on any atom is -0.489 e. The molecule has 0 heterocycles. The summed E-state index contributed by atoms with van der Waals surface area (Å²) in [4.78, 5) is 23.9. The number of hydrogen-bond donors (Lipinski definition) is 0. The number of carbonyl (C=O) groups excluding carboxylic acids is 2. The Balaban J connectivity index is 2.43. The van der Waals surface area contributed by atoms with Crippen molar-refractivity contribution in [3.05, 3.63) is 53.0 Å². The summed E-state index contributed by atoms with van der Waals surface area (Å²) in [5.41, 5.74) is 0.844. The van der Waals surface area contributed by atoms with Crippen molar-refractivity contribution in [1.82, 2.24) is 0 Å². The molecule has 1 aliphatic carbocycles. The summed E-state index contributed by atoms with van der Waals surface area (Å²) in [6, 6.07) is 9.14. The summed E-state index contributed by atoms with van der Waals surface area (Å²) < 4.78 is 9.82. The Kier molecular flexibility index (Phi) is 3.28. The number of hydrogen-bond acceptors (Lipinski definition) is 4. The van der Waals surface area contributed by atoms with Gasteiger partial charge < -0.3 is 9.47 Å². The van der Waals surface area contributed by atoms with Crippen LogP contribution in [-0.2, 0) is 19.1 Å². The Bertz CT molecular complexity index is 524. The molecule has 0 unspecified atom stereocenters. The highest BCUT2D eigenvalue weighted by atomic mass is 16.5. The second-order valence-electron chi connectivity index (χ2n) is 3.69. The highest BCUT2D eigenvalue weighted by Gasteiger charge is 2.38. The minimum atomic E-state index is -0.441. The van der Waals surface area contributed by atoms with E-state index in [1.807, 2.05) is 30.3 Å². The Hall–Kier alpha value is -2.36. The number of allylic oxidation sites excluding steroid dienone is 2. The van der Waals surface area contributed by atoms with Gasteiger partial charge in [0, 0.05) is 0 Å². The molecule has 18 heavy (non-hydrogen) atoms. The van der Waals surface area contributed by atoms with E-state index in [4.69, 9.17) is 9.47 Å². The topological polar surface area (TPSA) is 52.6 Å². The first-order valence-electron chi connectivity index (χ1n) is 5.37. The van der Waals surface area contributed by atoms with Gasteiger partial charge in [0.25, 0.3) is 0 Å². The molecule has 1 aliphatic rings. The molecule has 1 aromatic carbocycles. The van der Waals surface area contributed by atoms with Crippen LogP contribution in [0.25, 0.3) is 6.08 Å². The number of methoxy groups -OCH3 is 2. The van der Waals surface area contributed by atoms with Crippen molar-refractivity contribution < 1.29 is 19.1 Å². The van der Waals surface area contributed by atoms with Crippen LogP contribution < -0.4 is 0 Å². The molecule has 0 spiro atoms. The zero-order valence-electron chi connectivity index (χ0n) is 10.1. The molecule has 0 radical (unpaired) electrons. The predicted molar refractivity (Wildman–Crippen MR) is 65.5 cm³/mol. The maximum Gasteiger partial charge on any atom is 0.235 e. The molecule has 0 fully saturated rings. The normalized spacial score (nSPS) is 15.1. The fourth-order valence-electron chi connectivity index (χ4n) is 1.77. The molecular formula is C14H12O4. The van der Waals surface area contributed by atoms with Crippen molar-refractivity contribution in [2.24, 2.45) is 0 Å². The predicted octanol–water partition coefficient (Wildman–Crippen LogP) is 1.73. The third-order valence-electron chi connectivity index (χ3n) is 2.63. The molecular weight excluding hydrogens is 232 g/mol. The number of carbonyl (C=O) groups is 2. The van der Waals surface area contributed by atoms with E-state index in [9.17, 15) is 9.59 Å². The minimum absolute atomic E-state index is 0.0373. The van der Waals surface area contributed by atoms with Crippen LogP contribution in [0.5, 0.6) is 0 Å². The van der Waals surface area contributed by atoms with Gasteiger partial charge in [0.05, 0.1) is 19.8 Å². The van der Waals surface area contributed by atoms with Crippen LogP contribution in [0.4, 0.5) is 0 Å². The van der Waals surface area contributed by atoms with E-state index in [0.717, 1.165) is 5.56 Å². The van der Waals surface area contributed by atoms with Crippen molar-refractivity contribution in [2.45, 2.75) is 0 Å². The molecule has 92 valence electrons. The van der Waals surface area contributed by atoms with Crippen LogP contribution in [0, 0.1) is 0 Å². The Morgan fingerprint density at radius 2 is 1.39 bits per heavy atom. The van der Waals surface area contributed by atoms with Gasteiger partial charge in [0.15, 0.2) is 0 Å². The van der Waals surface area contributed by atoms with Crippen LogP contribution in [0.1, 0.15) is 5.56 Å². The first-order valence-corrected chi connectivity index (χ1v) is 5.37. The van der Waals surface area contributed by atoms with Gasteiger partial charge in [0.1, 0.15) is 0 Å². The third-order valence-corrected chi connectivity index (χ3v) is 2.63. The van der Waals surface area contributed by atoms with E-state index in [1.54, 1.807) is 0 Å². The number of ketones is 2. The van der Waals surface area contributed by atoms with E-state index in [2.05, 4.69) is 0 Å². The van der Waals surface area contributed by atoms with Crippen molar-refractivity contribution >= 4 is 17.6 Å². The van der Waals surface area contributed by atoms with E-state index >= 15 is 0 Å². The van der Waals surface area contributed by atoms with Crippen molar-refractivity contribution in [3.8, 4) is 0 Å². The van der Waals surface area contributed by atoms with Crippen LogP contribution in [-0.4, -0.2) is 25.8 Å². The highest BCUT2D eigenvalue weighted by molar-refractivity contribution is 6.38. The average molecular weight is 244 g/mol. The summed E-state index contributed by atoms with van der Waals surface area (Å²) in [5.74, 6) is -0.958. The molecule has 0 N–H and O–H groups in total. The Labute approximate surface area is 105 Å². The van der Waals surface area contributed by atoms with Gasteiger partial charge in [-0.15, -0.1) is 0 Å². The fraction of sp³-hybridized carbons (Fsp3) is 0.143. The Morgan fingerprint density at radius 1 is 0.889 bits per heavy atom. The van der Waals surface area contributed by atoms with Gasteiger partial charge in [0.2, 0.25) is 23.1 Å². The monoisotopic (exact) mass is 244 g/mol. The smallest absolute Gasteiger partial charge is 0.235 e. The zero-order chi connectivity index (χ0) is 13.1. The number of rotatable bonds is 3. The van der Waals surface area contributed by atoms with E-state index in [-0.39, 0.29) is 17.1 Å². The molecule has 0 bridgehead atoms. The summed E-state index contributed by atoms with van der Waals surface area (Å²) in [5, 5.41) is 0. The molecule has 1 aromatic rings. The van der Waals surface area contributed by atoms with Gasteiger partial charge >= 0.3 is 0 Å². The number of ether oxygens (including phenoxy) is 2. The van der Waals surface area contributed by atoms with Crippen LogP contribution in [0.3, 0.4) is 0 Å². The summed E-state index contributed by atoms with van der Waals surface area (Å²) in [7, 11) is 2.68. The first kappa shape index (κ1) is 12.1. The maximum atomic E-state index is 12.0. The average Bonchev–Trinajstić information content (AvgIpc) is 2.63. The third kappa shape index (κ3) is 1.93. The molecule has 0 saturated carbocycles. The largest absolute Gasteiger partial charge is 0.489 e. The lowest BCUT2D eigenvalue weighted by Crippen LogP contribution is -2.05. The van der Waals surface area contributed by atoms with Crippen LogP contribution in [0.15, 0.2) is 47.4 Å². The first-order chi connectivity index (χ1) is 8.69. The SMILES string of the molecule is COC1=C(OC)C(=O)C(=Cc2ccccc2)C1=O. The van der Waals surface area contributed by atoms with Gasteiger partial charge in [-0.25, -0.2) is 0 Å². The molecule has 0 atom stereocenters. The molecule has 0 aliphatic heterocycles.